The number of benzene rings is 1. The molecule has 0 aliphatic rings. The molecule has 0 aromatic heterocycles. The van der Waals surface area contributed by atoms with Gasteiger partial charge in [0.25, 0.3) is 0 Å². The number of amidine groups is 1. The first-order valence-electron chi connectivity index (χ1n) is 4.24. The van der Waals surface area contributed by atoms with Gasteiger partial charge in [-0.1, -0.05) is 11.2 Å². The Balaban J connectivity index is 3.38. The van der Waals surface area contributed by atoms with Crippen LogP contribution in [0.4, 0.5) is 0 Å². The highest BCUT2D eigenvalue weighted by Gasteiger charge is 2.11. The van der Waals surface area contributed by atoms with Crippen molar-refractivity contribution in [2.45, 2.75) is 13.8 Å². The van der Waals surface area contributed by atoms with Crippen molar-refractivity contribution < 1.29 is 9.94 Å². The largest absolute Gasteiger partial charge is 0.496 e. The lowest BCUT2D eigenvalue weighted by Crippen LogP contribution is -2.15. The van der Waals surface area contributed by atoms with Crippen LogP contribution in [0.3, 0.4) is 0 Å². The van der Waals surface area contributed by atoms with Gasteiger partial charge in [0, 0.05) is 0 Å². The fourth-order valence-electron chi connectivity index (χ4n) is 1.31. The Morgan fingerprint density at radius 2 is 2.07 bits per heavy atom. The third kappa shape index (κ3) is 1.64. The zero-order chi connectivity index (χ0) is 10.7. The second-order valence-corrected chi connectivity index (χ2v) is 3.07. The number of ether oxygens (including phenoxy) is 1. The van der Waals surface area contributed by atoms with Crippen LogP contribution in [-0.2, 0) is 0 Å². The zero-order valence-corrected chi connectivity index (χ0v) is 8.53. The molecule has 0 saturated heterocycles. The van der Waals surface area contributed by atoms with Crippen molar-refractivity contribution in [2.24, 2.45) is 10.9 Å². The van der Waals surface area contributed by atoms with E-state index in [-0.39, 0.29) is 5.84 Å². The third-order valence-electron chi connectivity index (χ3n) is 2.26. The Labute approximate surface area is 83.0 Å². The molecule has 14 heavy (non-hydrogen) atoms. The molecule has 4 heteroatoms. The summed E-state index contributed by atoms with van der Waals surface area (Å²) in [6.07, 6.45) is 0. The van der Waals surface area contributed by atoms with Gasteiger partial charge in [-0.05, 0) is 31.0 Å². The number of oxime groups is 1. The second kappa shape index (κ2) is 4.00. The van der Waals surface area contributed by atoms with Crippen molar-refractivity contribution in [2.75, 3.05) is 7.11 Å². The van der Waals surface area contributed by atoms with Gasteiger partial charge in [-0.15, -0.1) is 0 Å². The highest BCUT2D eigenvalue weighted by molar-refractivity contribution is 6.00. The van der Waals surface area contributed by atoms with Gasteiger partial charge in [-0.2, -0.15) is 0 Å². The highest BCUT2D eigenvalue weighted by atomic mass is 16.5. The minimum absolute atomic E-state index is 0.0601. The Hall–Kier alpha value is -1.71. The first kappa shape index (κ1) is 10.4. The Morgan fingerprint density at radius 1 is 1.43 bits per heavy atom. The molecule has 0 unspecified atom stereocenters. The van der Waals surface area contributed by atoms with Crippen molar-refractivity contribution in [3.63, 3.8) is 0 Å². The minimum Gasteiger partial charge on any atom is -0.496 e. The average molecular weight is 194 g/mol. The summed E-state index contributed by atoms with van der Waals surface area (Å²) in [6, 6.07) is 3.68. The third-order valence-corrected chi connectivity index (χ3v) is 2.26. The molecule has 0 atom stereocenters. The molecule has 4 nitrogen and oxygen atoms in total. The van der Waals surface area contributed by atoms with Gasteiger partial charge in [0.1, 0.15) is 5.75 Å². The van der Waals surface area contributed by atoms with Gasteiger partial charge in [-0.25, -0.2) is 0 Å². The Kier molecular flexibility index (Phi) is 2.96. The summed E-state index contributed by atoms with van der Waals surface area (Å²) in [7, 11) is 1.57. The quantitative estimate of drug-likeness (QED) is 0.323. The molecule has 0 heterocycles. The first-order valence-corrected chi connectivity index (χ1v) is 4.24. The molecule has 1 aromatic carbocycles. The molecule has 0 saturated carbocycles. The van der Waals surface area contributed by atoms with E-state index in [1.165, 1.54) is 0 Å². The van der Waals surface area contributed by atoms with Crippen LogP contribution >= 0.6 is 0 Å². The molecule has 0 radical (unpaired) electrons. The molecule has 76 valence electrons. The molecule has 0 amide bonds. The fourth-order valence-corrected chi connectivity index (χ4v) is 1.31. The van der Waals surface area contributed by atoms with Crippen molar-refractivity contribution in [3.05, 3.63) is 28.8 Å². The summed E-state index contributed by atoms with van der Waals surface area (Å²) in [4.78, 5) is 0. The van der Waals surface area contributed by atoms with Gasteiger partial charge < -0.3 is 15.7 Å². The molecule has 0 aliphatic heterocycles. The van der Waals surface area contributed by atoms with Gasteiger partial charge >= 0.3 is 0 Å². The summed E-state index contributed by atoms with van der Waals surface area (Å²) in [5.41, 5.74) is 8.22. The predicted octanol–water partition coefficient (Wildman–Crippen LogP) is 1.41. The Morgan fingerprint density at radius 3 is 2.57 bits per heavy atom. The van der Waals surface area contributed by atoms with Crippen molar-refractivity contribution in [1.82, 2.24) is 0 Å². The molecule has 0 spiro atoms. The summed E-state index contributed by atoms with van der Waals surface area (Å²) in [5.74, 6) is 0.713. The van der Waals surface area contributed by atoms with E-state index < -0.39 is 0 Å². The molecular formula is C10H14N2O2. The van der Waals surface area contributed by atoms with Crippen LogP contribution < -0.4 is 10.5 Å². The fraction of sp³-hybridized carbons (Fsp3) is 0.300. The normalized spacial score (nSPS) is 11.5. The van der Waals surface area contributed by atoms with Crippen LogP contribution in [0.15, 0.2) is 17.3 Å². The van der Waals surface area contributed by atoms with Crippen molar-refractivity contribution in [1.29, 1.82) is 0 Å². The zero-order valence-electron chi connectivity index (χ0n) is 8.53. The van der Waals surface area contributed by atoms with Crippen LogP contribution in [-0.4, -0.2) is 18.2 Å². The van der Waals surface area contributed by atoms with Gasteiger partial charge in [0.2, 0.25) is 0 Å². The van der Waals surface area contributed by atoms with Crippen LogP contribution in [0, 0.1) is 13.8 Å². The molecule has 1 rings (SSSR count). The number of rotatable bonds is 2. The summed E-state index contributed by atoms with van der Waals surface area (Å²) in [6.45, 7) is 3.91. The SMILES string of the molecule is COc1c(/C(N)=N\O)ccc(C)c1C. The second-order valence-electron chi connectivity index (χ2n) is 3.07. The minimum atomic E-state index is 0.0601. The lowest BCUT2D eigenvalue weighted by Gasteiger charge is -2.11. The smallest absolute Gasteiger partial charge is 0.173 e. The van der Waals surface area contributed by atoms with E-state index in [1.54, 1.807) is 13.2 Å². The van der Waals surface area contributed by atoms with Crippen LogP contribution in [0.1, 0.15) is 16.7 Å². The number of nitrogens with two attached hydrogens (primary N) is 1. The van der Waals surface area contributed by atoms with Gasteiger partial charge in [0.05, 0.1) is 12.7 Å². The predicted molar refractivity (Wildman–Crippen MR) is 55.0 cm³/mol. The number of aryl methyl sites for hydroxylation is 1. The van der Waals surface area contributed by atoms with Gasteiger partial charge in [0.15, 0.2) is 5.84 Å². The number of nitrogens with zero attached hydrogens (tertiary/aromatic N) is 1. The molecule has 0 fully saturated rings. The topological polar surface area (TPSA) is 67.8 Å². The summed E-state index contributed by atoms with van der Waals surface area (Å²) >= 11 is 0. The van der Waals surface area contributed by atoms with Crippen molar-refractivity contribution in [3.8, 4) is 5.75 Å². The number of hydrogen-bond acceptors (Lipinski definition) is 3. The van der Waals surface area contributed by atoms with E-state index in [0.29, 0.717) is 11.3 Å². The summed E-state index contributed by atoms with van der Waals surface area (Å²) in [5, 5.41) is 11.5. The molecule has 0 aliphatic carbocycles. The standard InChI is InChI=1S/C10H14N2O2/c1-6-4-5-8(10(11)12-13)9(14-3)7(6)2/h4-5,13H,1-3H3,(H2,11,12). The van der Waals surface area contributed by atoms with E-state index in [4.69, 9.17) is 15.7 Å². The lowest BCUT2D eigenvalue weighted by atomic mass is 10.0. The molecule has 1 aromatic rings. The van der Waals surface area contributed by atoms with E-state index in [1.807, 2.05) is 19.9 Å². The van der Waals surface area contributed by atoms with Crippen LogP contribution in [0.5, 0.6) is 5.75 Å². The Bertz CT molecular complexity index is 373. The van der Waals surface area contributed by atoms with E-state index in [0.717, 1.165) is 11.1 Å². The van der Waals surface area contributed by atoms with Crippen LogP contribution in [0.25, 0.3) is 0 Å². The van der Waals surface area contributed by atoms with E-state index in [2.05, 4.69) is 5.16 Å². The summed E-state index contributed by atoms with van der Waals surface area (Å²) < 4.78 is 5.21. The highest BCUT2D eigenvalue weighted by Crippen LogP contribution is 2.25. The molecule has 3 N–H and O–H groups in total. The van der Waals surface area contributed by atoms with Crippen molar-refractivity contribution >= 4 is 5.84 Å². The molecule has 0 bridgehead atoms. The molecular weight excluding hydrogens is 180 g/mol. The maximum absolute atomic E-state index is 8.58. The maximum Gasteiger partial charge on any atom is 0.173 e. The van der Waals surface area contributed by atoms with Crippen LogP contribution in [0.2, 0.25) is 0 Å². The van der Waals surface area contributed by atoms with E-state index in [9.17, 15) is 0 Å². The lowest BCUT2D eigenvalue weighted by molar-refractivity contribution is 0.318. The van der Waals surface area contributed by atoms with E-state index >= 15 is 0 Å². The maximum atomic E-state index is 8.58. The average Bonchev–Trinajstić information content (AvgIpc) is 2.20. The number of methoxy groups -OCH3 is 1. The first-order chi connectivity index (χ1) is 6.61. The monoisotopic (exact) mass is 194 g/mol. The number of hydrogen-bond donors (Lipinski definition) is 2. The van der Waals surface area contributed by atoms with Gasteiger partial charge in [-0.3, -0.25) is 0 Å².